The molecule has 0 atom stereocenters. The van der Waals surface area contributed by atoms with Crippen molar-refractivity contribution in [2.75, 3.05) is 13.2 Å². The summed E-state index contributed by atoms with van der Waals surface area (Å²) in [6, 6.07) is 15.2. The summed E-state index contributed by atoms with van der Waals surface area (Å²) >= 11 is 0. The van der Waals surface area contributed by atoms with Gasteiger partial charge >= 0.3 is 5.97 Å². The molecule has 4 heteroatoms. The summed E-state index contributed by atoms with van der Waals surface area (Å²) in [5.74, 6) is -0.704. The molecule has 0 aliphatic heterocycles. The van der Waals surface area contributed by atoms with E-state index >= 15 is 0 Å². The van der Waals surface area contributed by atoms with Crippen molar-refractivity contribution < 1.29 is 19.4 Å². The van der Waals surface area contributed by atoms with Crippen LogP contribution >= 0.6 is 0 Å². The number of carbonyl (C=O) groups is 2. The summed E-state index contributed by atoms with van der Waals surface area (Å²) in [5, 5.41) is 8.62. The summed E-state index contributed by atoms with van der Waals surface area (Å²) in [7, 11) is 0. The predicted octanol–water partition coefficient (Wildman–Crippen LogP) is 2.07. The van der Waals surface area contributed by atoms with Crippen LogP contribution in [0.15, 0.2) is 54.6 Å². The Morgan fingerprint density at radius 1 is 0.900 bits per heavy atom. The standard InChI is InChI=1S/C16H14O4/c17-9-10-20-16(19)14-8-4-7-13(11-14)15(18)12-5-2-1-3-6-12/h1-8,11,17H,9-10H2. The zero-order valence-corrected chi connectivity index (χ0v) is 10.8. The molecule has 0 saturated carbocycles. The molecule has 0 spiro atoms. The molecule has 2 rings (SSSR count). The van der Waals surface area contributed by atoms with Crippen molar-refractivity contribution in [1.82, 2.24) is 0 Å². The van der Waals surface area contributed by atoms with Crippen molar-refractivity contribution in [1.29, 1.82) is 0 Å². The number of rotatable bonds is 5. The van der Waals surface area contributed by atoms with E-state index in [1.165, 1.54) is 6.07 Å². The van der Waals surface area contributed by atoms with Gasteiger partial charge in [-0.05, 0) is 12.1 Å². The van der Waals surface area contributed by atoms with E-state index in [0.717, 1.165) is 0 Å². The Labute approximate surface area is 116 Å². The van der Waals surface area contributed by atoms with Crippen LogP contribution < -0.4 is 0 Å². The number of carbonyl (C=O) groups excluding carboxylic acids is 2. The third-order valence-corrected chi connectivity index (χ3v) is 2.72. The highest BCUT2D eigenvalue weighted by atomic mass is 16.5. The number of aliphatic hydroxyl groups excluding tert-OH is 1. The first-order valence-corrected chi connectivity index (χ1v) is 6.20. The highest BCUT2D eigenvalue weighted by Gasteiger charge is 2.12. The number of ether oxygens (including phenoxy) is 1. The first kappa shape index (κ1) is 14.0. The molecule has 20 heavy (non-hydrogen) atoms. The van der Waals surface area contributed by atoms with E-state index in [2.05, 4.69) is 0 Å². The lowest BCUT2D eigenvalue weighted by atomic mass is 10.0. The summed E-state index contributed by atoms with van der Waals surface area (Å²) in [6.07, 6.45) is 0. The summed E-state index contributed by atoms with van der Waals surface area (Å²) < 4.78 is 4.82. The number of hydrogen-bond acceptors (Lipinski definition) is 4. The molecule has 0 aliphatic rings. The number of hydrogen-bond donors (Lipinski definition) is 1. The maximum absolute atomic E-state index is 12.2. The minimum atomic E-state index is -0.554. The Kier molecular flexibility index (Phi) is 4.63. The van der Waals surface area contributed by atoms with Gasteiger partial charge in [0, 0.05) is 11.1 Å². The van der Waals surface area contributed by atoms with E-state index in [1.54, 1.807) is 42.5 Å². The van der Waals surface area contributed by atoms with E-state index in [9.17, 15) is 9.59 Å². The van der Waals surface area contributed by atoms with Gasteiger partial charge in [-0.25, -0.2) is 4.79 Å². The minimum absolute atomic E-state index is 0.0598. The number of aliphatic hydroxyl groups is 1. The molecule has 102 valence electrons. The van der Waals surface area contributed by atoms with Crippen molar-refractivity contribution in [3.8, 4) is 0 Å². The monoisotopic (exact) mass is 270 g/mol. The second kappa shape index (κ2) is 6.63. The molecular formula is C16H14O4. The minimum Gasteiger partial charge on any atom is -0.460 e. The van der Waals surface area contributed by atoms with E-state index in [4.69, 9.17) is 9.84 Å². The van der Waals surface area contributed by atoms with Gasteiger partial charge in [-0.3, -0.25) is 4.79 Å². The molecule has 0 amide bonds. The molecule has 0 aromatic heterocycles. The Morgan fingerprint density at radius 3 is 2.25 bits per heavy atom. The van der Waals surface area contributed by atoms with Gasteiger partial charge in [0.15, 0.2) is 5.78 Å². The van der Waals surface area contributed by atoms with Gasteiger partial charge in [0.1, 0.15) is 6.61 Å². The highest BCUT2D eigenvalue weighted by molar-refractivity contribution is 6.09. The molecule has 1 N–H and O–H groups in total. The number of ketones is 1. The van der Waals surface area contributed by atoms with E-state index in [1.807, 2.05) is 6.07 Å². The molecule has 2 aromatic carbocycles. The lowest BCUT2D eigenvalue weighted by Gasteiger charge is -2.05. The summed E-state index contributed by atoms with van der Waals surface area (Å²) in [5.41, 5.74) is 1.28. The van der Waals surface area contributed by atoms with Crippen molar-refractivity contribution in [3.05, 3.63) is 71.3 Å². The highest BCUT2D eigenvalue weighted by Crippen LogP contribution is 2.12. The molecule has 4 nitrogen and oxygen atoms in total. The molecule has 0 saturated heterocycles. The number of esters is 1. The third-order valence-electron chi connectivity index (χ3n) is 2.72. The van der Waals surface area contributed by atoms with Crippen LogP contribution in [0.2, 0.25) is 0 Å². The Bertz CT molecular complexity index is 605. The van der Waals surface area contributed by atoms with Gasteiger partial charge < -0.3 is 9.84 Å². The van der Waals surface area contributed by atoms with E-state index in [0.29, 0.717) is 16.7 Å². The van der Waals surface area contributed by atoms with Gasteiger partial charge in [0.05, 0.1) is 12.2 Å². The molecule has 0 unspecified atom stereocenters. The van der Waals surface area contributed by atoms with Crippen molar-refractivity contribution in [2.45, 2.75) is 0 Å². The maximum atomic E-state index is 12.2. The van der Waals surface area contributed by atoms with Gasteiger partial charge in [0.25, 0.3) is 0 Å². The summed E-state index contributed by atoms with van der Waals surface area (Å²) in [4.78, 5) is 23.9. The SMILES string of the molecule is O=C(OCCO)c1cccc(C(=O)c2ccccc2)c1. The van der Waals surface area contributed by atoms with Crippen LogP contribution in [0.5, 0.6) is 0 Å². The fourth-order valence-corrected chi connectivity index (χ4v) is 1.77. The van der Waals surface area contributed by atoms with E-state index < -0.39 is 5.97 Å². The molecule has 0 radical (unpaired) electrons. The molecule has 0 heterocycles. The lowest BCUT2D eigenvalue weighted by Crippen LogP contribution is -2.10. The van der Waals surface area contributed by atoms with Crippen LogP contribution in [0.3, 0.4) is 0 Å². The van der Waals surface area contributed by atoms with Crippen LogP contribution in [0, 0.1) is 0 Å². The predicted molar refractivity (Wildman–Crippen MR) is 73.7 cm³/mol. The fraction of sp³-hybridized carbons (Fsp3) is 0.125. The molecular weight excluding hydrogens is 256 g/mol. The van der Waals surface area contributed by atoms with E-state index in [-0.39, 0.29) is 19.0 Å². The smallest absolute Gasteiger partial charge is 0.338 e. The Hall–Kier alpha value is -2.46. The van der Waals surface area contributed by atoms with Crippen LogP contribution in [0.4, 0.5) is 0 Å². The van der Waals surface area contributed by atoms with Crippen LogP contribution in [0.25, 0.3) is 0 Å². The van der Waals surface area contributed by atoms with Gasteiger partial charge in [-0.1, -0.05) is 42.5 Å². The average molecular weight is 270 g/mol. The molecule has 0 bridgehead atoms. The van der Waals surface area contributed by atoms with Crippen LogP contribution in [-0.4, -0.2) is 30.1 Å². The fourth-order valence-electron chi connectivity index (χ4n) is 1.77. The van der Waals surface area contributed by atoms with Crippen molar-refractivity contribution in [2.24, 2.45) is 0 Å². The molecule has 0 aliphatic carbocycles. The lowest BCUT2D eigenvalue weighted by molar-refractivity contribution is 0.0433. The third kappa shape index (κ3) is 3.30. The zero-order chi connectivity index (χ0) is 14.4. The van der Waals surface area contributed by atoms with Gasteiger partial charge in [0.2, 0.25) is 0 Å². The molecule has 0 fully saturated rings. The Balaban J connectivity index is 2.22. The zero-order valence-electron chi connectivity index (χ0n) is 10.8. The first-order chi connectivity index (χ1) is 9.72. The van der Waals surface area contributed by atoms with Gasteiger partial charge in [-0.2, -0.15) is 0 Å². The normalized spacial score (nSPS) is 10.1. The number of benzene rings is 2. The van der Waals surface area contributed by atoms with Crippen LogP contribution in [0.1, 0.15) is 26.3 Å². The topological polar surface area (TPSA) is 63.6 Å². The van der Waals surface area contributed by atoms with Crippen molar-refractivity contribution >= 4 is 11.8 Å². The quantitative estimate of drug-likeness (QED) is 0.667. The second-order valence-electron chi connectivity index (χ2n) is 4.14. The van der Waals surface area contributed by atoms with Gasteiger partial charge in [-0.15, -0.1) is 0 Å². The van der Waals surface area contributed by atoms with Crippen molar-refractivity contribution in [3.63, 3.8) is 0 Å². The largest absolute Gasteiger partial charge is 0.460 e. The summed E-state index contributed by atoms with van der Waals surface area (Å²) in [6.45, 7) is -0.288. The average Bonchev–Trinajstić information content (AvgIpc) is 2.52. The maximum Gasteiger partial charge on any atom is 0.338 e. The Morgan fingerprint density at radius 2 is 1.55 bits per heavy atom. The first-order valence-electron chi connectivity index (χ1n) is 6.20. The molecule has 2 aromatic rings. The van der Waals surface area contributed by atoms with Crippen LogP contribution in [-0.2, 0) is 4.74 Å². The second-order valence-corrected chi connectivity index (χ2v) is 4.14.